The number of rotatable bonds is 32. The summed E-state index contributed by atoms with van der Waals surface area (Å²) in [4.78, 5) is 62.3. The van der Waals surface area contributed by atoms with E-state index in [1.54, 1.807) is 6.92 Å². The zero-order chi connectivity index (χ0) is 37.7. The van der Waals surface area contributed by atoms with Crippen molar-refractivity contribution in [3.8, 4) is 0 Å². The highest BCUT2D eigenvalue weighted by atomic mass is 79.9. The Morgan fingerprint density at radius 1 is 0.519 bits per heavy atom. The maximum Gasteiger partial charge on any atom is 0.328 e. The summed E-state index contributed by atoms with van der Waals surface area (Å²) in [5, 5.41) is 11.8. The molecule has 0 spiro atoms. The molecule has 0 saturated carbocycles. The SMILES string of the molecule is CCCCCCCC(=O)NCCC[N+](C)(C)CC(=O)NCCCC[C@H](NC(=O)C[N+](C)(C)CCCNC(=O)CCCCCCC)C(=O)OCC.[Br-].[Br-]. The molecule has 52 heavy (non-hydrogen) atoms. The molecule has 0 fully saturated rings. The minimum Gasteiger partial charge on any atom is -1.00 e. The summed E-state index contributed by atoms with van der Waals surface area (Å²) in [6.45, 7) is 10.0. The van der Waals surface area contributed by atoms with Gasteiger partial charge in [-0.05, 0) is 39.0 Å². The number of nitrogens with one attached hydrogen (secondary N) is 4. The van der Waals surface area contributed by atoms with Gasteiger partial charge >= 0.3 is 5.97 Å². The predicted octanol–water partition coefficient (Wildman–Crippen LogP) is -1.78. The fraction of sp³-hybridized carbons (Fsp3) is 0.868. The van der Waals surface area contributed by atoms with Crippen molar-refractivity contribution in [1.29, 1.82) is 0 Å². The van der Waals surface area contributed by atoms with Crippen LogP contribution in [0, 0.1) is 0 Å². The van der Waals surface area contributed by atoms with Gasteiger partial charge in [-0.3, -0.25) is 19.2 Å². The van der Waals surface area contributed by atoms with Gasteiger partial charge in [0.05, 0.1) is 47.9 Å². The second-order valence-corrected chi connectivity index (χ2v) is 15.1. The molecule has 0 aliphatic rings. The lowest BCUT2D eigenvalue weighted by molar-refractivity contribution is -0.882. The van der Waals surface area contributed by atoms with Crippen LogP contribution in [-0.4, -0.2) is 125 Å². The molecular weight excluding hydrogens is 796 g/mol. The number of carbonyl (C=O) groups is 5. The molecule has 0 aliphatic carbocycles. The van der Waals surface area contributed by atoms with Crippen LogP contribution < -0.4 is 55.2 Å². The number of likely N-dealkylation sites (N-methyl/N-ethyl adjacent to an activating group) is 2. The number of unbranched alkanes of at least 4 members (excludes halogenated alkanes) is 9. The summed E-state index contributed by atoms with van der Waals surface area (Å²) in [6, 6.07) is -0.744. The number of amides is 4. The maximum absolute atomic E-state index is 12.9. The number of hydrogen-bond acceptors (Lipinski definition) is 6. The van der Waals surface area contributed by atoms with E-state index < -0.39 is 12.0 Å². The van der Waals surface area contributed by atoms with Gasteiger partial charge in [-0.15, -0.1) is 0 Å². The van der Waals surface area contributed by atoms with E-state index in [4.69, 9.17) is 4.74 Å². The molecule has 0 aromatic carbocycles. The topological polar surface area (TPSA) is 143 Å². The van der Waals surface area contributed by atoms with Gasteiger partial charge in [-0.25, -0.2) is 4.79 Å². The van der Waals surface area contributed by atoms with Crippen LogP contribution in [0.1, 0.15) is 130 Å². The van der Waals surface area contributed by atoms with Crippen molar-refractivity contribution in [3.05, 3.63) is 0 Å². The minimum absolute atomic E-state index is 0. The van der Waals surface area contributed by atoms with Crippen molar-refractivity contribution in [2.75, 3.05) is 80.6 Å². The molecule has 0 radical (unpaired) electrons. The Labute approximate surface area is 337 Å². The van der Waals surface area contributed by atoms with E-state index in [9.17, 15) is 24.0 Å². The Balaban J connectivity index is -0.0000120. The van der Waals surface area contributed by atoms with E-state index >= 15 is 0 Å². The first-order chi connectivity index (χ1) is 23.7. The van der Waals surface area contributed by atoms with Crippen LogP contribution in [0.25, 0.3) is 0 Å². The standard InChI is InChI=1S/C38H74N6O6.2BrH/c1-8-11-13-15-17-24-34(45)39-27-21-29-43(4,5)31-36(47)41-26-20-19-23-33(38(49)50-10-3)42-37(48)32-44(6,7)30-22-28-40-35(46)25-18-16-14-12-9-2;;/h33H,8-32H2,1-7H3,(H2-2,39,40,41,42,45,46,47,48);2*1H/t33-;;/m0../s1. The molecule has 308 valence electrons. The van der Waals surface area contributed by atoms with Gasteiger partial charge in [-0.2, -0.15) is 0 Å². The average Bonchev–Trinajstić information content (AvgIpc) is 3.03. The van der Waals surface area contributed by atoms with Crippen molar-refractivity contribution < 1.29 is 71.6 Å². The summed E-state index contributed by atoms with van der Waals surface area (Å²) in [6.07, 6.45) is 15.7. The predicted molar refractivity (Wildman–Crippen MR) is 201 cm³/mol. The van der Waals surface area contributed by atoms with E-state index in [2.05, 4.69) is 35.1 Å². The number of esters is 1. The second kappa shape index (κ2) is 33.8. The van der Waals surface area contributed by atoms with Crippen molar-refractivity contribution in [2.45, 2.75) is 136 Å². The zero-order valence-electron chi connectivity index (χ0n) is 33.9. The fourth-order valence-electron chi connectivity index (χ4n) is 5.85. The molecular formula is C38H76Br2N6O6. The van der Waals surface area contributed by atoms with Crippen LogP contribution >= 0.6 is 0 Å². The molecule has 0 aromatic rings. The summed E-state index contributed by atoms with van der Waals surface area (Å²) < 4.78 is 6.18. The van der Waals surface area contributed by atoms with E-state index in [0.717, 1.165) is 45.1 Å². The molecule has 0 unspecified atom stereocenters. The highest BCUT2D eigenvalue weighted by Crippen LogP contribution is 2.08. The van der Waals surface area contributed by atoms with Gasteiger partial charge in [0.15, 0.2) is 13.1 Å². The highest BCUT2D eigenvalue weighted by molar-refractivity contribution is 5.85. The van der Waals surface area contributed by atoms with Gasteiger partial charge in [-0.1, -0.05) is 65.2 Å². The summed E-state index contributed by atoms with van der Waals surface area (Å²) in [7, 11) is 7.95. The van der Waals surface area contributed by atoms with Gasteiger partial charge < -0.3 is 68.9 Å². The van der Waals surface area contributed by atoms with Gasteiger partial charge in [0.1, 0.15) is 6.04 Å². The lowest BCUT2D eigenvalue weighted by Gasteiger charge is -2.30. The molecule has 0 heterocycles. The van der Waals surface area contributed by atoms with E-state index in [-0.39, 0.29) is 70.7 Å². The van der Waals surface area contributed by atoms with Crippen molar-refractivity contribution >= 4 is 29.6 Å². The molecule has 12 nitrogen and oxygen atoms in total. The fourth-order valence-corrected chi connectivity index (χ4v) is 5.85. The third kappa shape index (κ3) is 32.8. The van der Waals surface area contributed by atoms with E-state index in [0.29, 0.717) is 73.8 Å². The van der Waals surface area contributed by atoms with Crippen LogP contribution in [-0.2, 0) is 28.7 Å². The third-order valence-corrected chi connectivity index (χ3v) is 8.83. The Morgan fingerprint density at radius 2 is 0.942 bits per heavy atom. The number of carbonyl (C=O) groups excluding carboxylic acids is 5. The average molecular weight is 873 g/mol. The van der Waals surface area contributed by atoms with Crippen molar-refractivity contribution in [1.82, 2.24) is 21.3 Å². The highest BCUT2D eigenvalue weighted by Gasteiger charge is 2.26. The lowest BCUT2D eigenvalue weighted by Crippen LogP contribution is -3.00. The number of halogens is 2. The normalized spacial score (nSPS) is 11.8. The Hall–Kier alpha value is -1.77. The van der Waals surface area contributed by atoms with Crippen molar-refractivity contribution in [3.63, 3.8) is 0 Å². The van der Waals surface area contributed by atoms with Gasteiger partial charge in [0, 0.05) is 45.3 Å². The molecule has 4 amide bonds. The van der Waals surface area contributed by atoms with Crippen LogP contribution in [0.3, 0.4) is 0 Å². The van der Waals surface area contributed by atoms with Crippen LogP contribution in [0.4, 0.5) is 0 Å². The Kier molecular flexibility index (Phi) is 35.4. The first-order valence-electron chi connectivity index (χ1n) is 19.6. The number of quaternary nitrogens is 2. The Morgan fingerprint density at radius 3 is 1.40 bits per heavy atom. The number of nitrogens with zero attached hydrogens (tertiary/aromatic N) is 2. The van der Waals surface area contributed by atoms with Gasteiger partial charge in [0.2, 0.25) is 11.8 Å². The molecule has 0 rings (SSSR count). The lowest BCUT2D eigenvalue weighted by atomic mass is 10.1. The van der Waals surface area contributed by atoms with E-state index in [1.807, 2.05) is 28.2 Å². The summed E-state index contributed by atoms with van der Waals surface area (Å²) in [5.41, 5.74) is 0. The molecule has 14 heteroatoms. The van der Waals surface area contributed by atoms with Crippen molar-refractivity contribution in [2.24, 2.45) is 0 Å². The first kappa shape index (κ1) is 54.6. The van der Waals surface area contributed by atoms with E-state index in [1.165, 1.54) is 38.5 Å². The quantitative estimate of drug-likeness (QED) is 0.0358. The smallest absolute Gasteiger partial charge is 0.328 e. The number of hydrogen-bond donors (Lipinski definition) is 4. The monoisotopic (exact) mass is 870 g/mol. The zero-order valence-corrected chi connectivity index (χ0v) is 37.0. The molecule has 4 N–H and O–H groups in total. The molecule has 1 atom stereocenters. The largest absolute Gasteiger partial charge is 1.00 e. The minimum atomic E-state index is -0.744. The molecule has 0 aliphatic heterocycles. The summed E-state index contributed by atoms with van der Waals surface area (Å²) in [5.74, 6) is -0.520. The first-order valence-corrected chi connectivity index (χ1v) is 19.6. The maximum atomic E-state index is 12.9. The van der Waals surface area contributed by atoms with Crippen LogP contribution in [0.5, 0.6) is 0 Å². The summed E-state index contributed by atoms with van der Waals surface area (Å²) >= 11 is 0. The molecule has 0 bridgehead atoms. The van der Waals surface area contributed by atoms with Crippen LogP contribution in [0.15, 0.2) is 0 Å². The Bertz CT molecular complexity index is 970. The molecule has 0 saturated heterocycles. The van der Waals surface area contributed by atoms with Gasteiger partial charge in [0.25, 0.3) is 11.8 Å². The third-order valence-electron chi connectivity index (χ3n) is 8.83. The van der Waals surface area contributed by atoms with Crippen LogP contribution in [0.2, 0.25) is 0 Å². The number of ether oxygens (including phenoxy) is 1. The molecule has 0 aromatic heterocycles. The second-order valence-electron chi connectivity index (χ2n) is 15.1.